The van der Waals surface area contributed by atoms with Gasteiger partial charge in [0.15, 0.2) is 6.29 Å². The fraction of sp³-hybridized carbons (Fsp3) is 0.579. The molecule has 1 aromatic rings. The molecule has 5 heteroatoms. The number of esters is 2. The first-order chi connectivity index (χ1) is 11.6. The van der Waals surface area contributed by atoms with Gasteiger partial charge in [0.25, 0.3) is 0 Å². The summed E-state index contributed by atoms with van der Waals surface area (Å²) in [7, 11) is 0. The molecule has 1 aliphatic rings. The van der Waals surface area contributed by atoms with E-state index in [1.54, 1.807) is 6.92 Å². The zero-order valence-corrected chi connectivity index (χ0v) is 14.4. The van der Waals surface area contributed by atoms with E-state index in [1.807, 2.05) is 37.3 Å². The summed E-state index contributed by atoms with van der Waals surface area (Å²) in [5.74, 6) is -0.673. The van der Waals surface area contributed by atoms with E-state index in [0.29, 0.717) is 38.9 Å². The van der Waals surface area contributed by atoms with Crippen molar-refractivity contribution in [2.75, 3.05) is 6.61 Å². The number of hydrogen-bond donors (Lipinski definition) is 0. The molecule has 132 valence electrons. The van der Waals surface area contributed by atoms with Crippen LogP contribution in [0.1, 0.15) is 45.1 Å². The summed E-state index contributed by atoms with van der Waals surface area (Å²) in [6.45, 7) is 4.38. The van der Waals surface area contributed by atoms with Gasteiger partial charge < -0.3 is 14.2 Å². The Morgan fingerprint density at radius 1 is 1.04 bits per heavy atom. The third kappa shape index (κ3) is 5.64. The molecule has 1 saturated carbocycles. The Morgan fingerprint density at radius 3 is 2.21 bits per heavy atom. The standard InChI is InChI=1S/C19H26O5/c1-3-22-14(2)24-19(21)17-11-9-16(10-12-17)18(20)23-13-15-7-5-4-6-8-15/h4-8,14,16-17H,3,9-13H2,1-2H3. The minimum absolute atomic E-state index is 0.123. The summed E-state index contributed by atoms with van der Waals surface area (Å²) in [5.41, 5.74) is 0.980. The Hall–Kier alpha value is -1.88. The normalized spacial score (nSPS) is 21.8. The summed E-state index contributed by atoms with van der Waals surface area (Å²) in [5, 5.41) is 0. The van der Waals surface area contributed by atoms with Crippen molar-refractivity contribution in [3.05, 3.63) is 35.9 Å². The molecule has 0 spiro atoms. The second-order valence-corrected chi connectivity index (χ2v) is 6.10. The van der Waals surface area contributed by atoms with Crippen molar-refractivity contribution >= 4 is 11.9 Å². The summed E-state index contributed by atoms with van der Waals surface area (Å²) < 4.78 is 15.9. The lowest BCUT2D eigenvalue weighted by atomic mass is 9.82. The van der Waals surface area contributed by atoms with E-state index in [1.165, 1.54) is 0 Å². The van der Waals surface area contributed by atoms with Crippen molar-refractivity contribution in [2.45, 2.75) is 52.4 Å². The Bertz CT molecular complexity index is 520. The first-order valence-corrected chi connectivity index (χ1v) is 8.62. The minimum Gasteiger partial charge on any atom is -0.461 e. The van der Waals surface area contributed by atoms with Gasteiger partial charge in [0, 0.05) is 6.61 Å². The third-order valence-electron chi connectivity index (χ3n) is 4.30. The molecular weight excluding hydrogens is 308 g/mol. The number of carbonyl (C=O) groups is 2. The number of rotatable bonds is 7. The van der Waals surface area contributed by atoms with Crippen LogP contribution in [0.25, 0.3) is 0 Å². The van der Waals surface area contributed by atoms with Crippen molar-refractivity contribution in [3.8, 4) is 0 Å². The number of benzene rings is 1. The van der Waals surface area contributed by atoms with Gasteiger partial charge in [-0.25, -0.2) is 0 Å². The molecule has 1 aromatic carbocycles. The van der Waals surface area contributed by atoms with Crippen LogP contribution in [0.5, 0.6) is 0 Å². The van der Waals surface area contributed by atoms with Gasteiger partial charge >= 0.3 is 11.9 Å². The van der Waals surface area contributed by atoms with Crippen LogP contribution in [0.3, 0.4) is 0 Å². The molecule has 0 aliphatic heterocycles. The lowest BCUT2D eigenvalue weighted by molar-refractivity contribution is -0.180. The van der Waals surface area contributed by atoms with E-state index in [0.717, 1.165) is 5.56 Å². The van der Waals surface area contributed by atoms with E-state index in [9.17, 15) is 9.59 Å². The van der Waals surface area contributed by atoms with Gasteiger partial charge in [0.2, 0.25) is 0 Å². The average Bonchev–Trinajstić information content (AvgIpc) is 2.61. The molecule has 24 heavy (non-hydrogen) atoms. The lowest BCUT2D eigenvalue weighted by Crippen LogP contribution is -2.30. The zero-order chi connectivity index (χ0) is 17.4. The summed E-state index contributed by atoms with van der Waals surface area (Å²) in [6, 6.07) is 9.63. The van der Waals surface area contributed by atoms with Gasteiger partial charge in [-0.15, -0.1) is 0 Å². The topological polar surface area (TPSA) is 61.8 Å². The van der Waals surface area contributed by atoms with Crippen LogP contribution in [-0.2, 0) is 30.4 Å². The highest BCUT2D eigenvalue weighted by atomic mass is 16.7. The predicted octanol–water partition coefficient (Wildman–Crippen LogP) is 3.46. The van der Waals surface area contributed by atoms with Crippen LogP contribution in [0, 0.1) is 11.8 Å². The summed E-state index contributed by atoms with van der Waals surface area (Å²) in [6.07, 6.45) is 2.12. The molecular formula is C19H26O5. The lowest BCUT2D eigenvalue weighted by Gasteiger charge is -2.26. The van der Waals surface area contributed by atoms with Gasteiger partial charge in [0.1, 0.15) is 6.61 Å². The molecule has 0 amide bonds. The number of carbonyl (C=O) groups excluding carboxylic acids is 2. The molecule has 0 bridgehead atoms. The second-order valence-electron chi connectivity index (χ2n) is 6.10. The maximum atomic E-state index is 12.2. The smallest absolute Gasteiger partial charge is 0.311 e. The van der Waals surface area contributed by atoms with Crippen molar-refractivity contribution in [2.24, 2.45) is 11.8 Å². The van der Waals surface area contributed by atoms with Crippen LogP contribution in [0.15, 0.2) is 30.3 Å². The third-order valence-corrected chi connectivity index (χ3v) is 4.30. The number of hydrogen-bond acceptors (Lipinski definition) is 5. The summed E-state index contributed by atoms with van der Waals surface area (Å²) in [4.78, 5) is 24.2. The maximum Gasteiger partial charge on any atom is 0.311 e. The number of ether oxygens (including phenoxy) is 3. The molecule has 1 aliphatic carbocycles. The van der Waals surface area contributed by atoms with Crippen molar-refractivity contribution in [1.29, 1.82) is 0 Å². The van der Waals surface area contributed by atoms with Crippen LogP contribution in [0.2, 0.25) is 0 Å². The molecule has 0 N–H and O–H groups in total. The Labute approximate surface area is 143 Å². The molecule has 0 aromatic heterocycles. The van der Waals surface area contributed by atoms with Gasteiger partial charge in [-0.1, -0.05) is 30.3 Å². The van der Waals surface area contributed by atoms with Crippen molar-refractivity contribution in [1.82, 2.24) is 0 Å². The molecule has 5 nitrogen and oxygen atoms in total. The fourth-order valence-corrected chi connectivity index (χ4v) is 2.94. The highest BCUT2D eigenvalue weighted by Gasteiger charge is 2.32. The average molecular weight is 334 g/mol. The Morgan fingerprint density at radius 2 is 1.62 bits per heavy atom. The largest absolute Gasteiger partial charge is 0.461 e. The van der Waals surface area contributed by atoms with E-state index in [2.05, 4.69) is 0 Å². The monoisotopic (exact) mass is 334 g/mol. The van der Waals surface area contributed by atoms with Crippen LogP contribution < -0.4 is 0 Å². The molecule has 0 radical (unpaired) electrons. The van der Waals surface area contributed by atoms with Gasteiger partial charge in [0.05, 0.1) is 11.8 Å². The highest BCUT2D eigenvalue weighted by Crippen LogP contribution is 2.31. The predicted molar refractivity (Wildman–Crippen MR) is 88.9 cm³/mol. The Balaban J connectivity index is 1.71. The first kappa shape index (κ1) is 18.5. The second kappa shape index (κ2) is 9.42. The molecule has 2 rings (SSSR count). The zero-order valence-electron chi connectivity index (χ0n) is 14.4. The van der Waals surface area contributed by atoms with E-state index in [-0.39, 0.29) is 23.8 Å². The minimum atomic E-state index is -0.518. The maximum absolute atomic E-state index is 12.2. The fourth-order valence-electron chi connectivity index (χ4n) is 2.94. The molecule has 1 fully saturated rings. The van der Waals surface area contributed by atoms with Gasteiger partial charge in [-0.05, 0) is 45.1 Å². The van der Waals surface area contributed by atoms with Crippen LogP contribution >= 0.6 is 0 Å². The van der Waals surface area contributed by atoms with Crippen molar-refractivity contribution < 1.29 is 23.8 Å². The quantitative estimate of drug-likeness (QED) is 0.564. The van der Waals surface area contributed by atoms with Crippen molar-refractivity contribution in [3.63, 3.8) is 0 Å². The van der Waals surface area contributed by atoms with Gasteiger partial charge in [-0.3, -0.25) is 9.59 Å². The highest BCUT2D eigenvalue weighted by molar-refractivity contribution is 5.75. The molecule has 1 unspecified atom stereocenters. The van der Waals surface area contributed by atoms with E-state index >= 15 is 0 Å². The van der Waals surface area contributed by atoms with E-state index in [4.69, 9.17) is 14.2 Å². The molecule has 1 atom stereocenters. The Kier molecular flexibility index (Phi) is 7.25. The molecule has 0 heterocycles. The van der Waals surface area contributed by atoms with Crippen LogP contribution in [0.4, 0.5) is 0 Å². The van der Waals surface area contributed by atoms with Gasteiger partial charge in [-0.2, -0.15) is 0 Å². The molecule has 0 saturated heterocycles. The van der Waals surface area contributed by atoms with Crippen LogP contribution in [-0.4, -0.2) is 24.8 Å². The van der Waals surface area contributed by atoms with E-state index < -0.39 is 6.29 Å². The SMILES string of the molecule is CCOC(C)OC(=O)C1CCC(C(=O)OCc2ccccc2)CC1. The first-order valence-electron chi connectivity index (χ1n) is 8.62. The summed E-state index contributed by atoms with van der Waals surface area (Å²) >= 11 is 0.